The smallest absolute Gasteiger partial charge is 0.222 e. The number of piperidine rings is 1. The molecule has 4 heteroatoms. The number of aryl methyl sites for hydroxylation is 1. The Bertz CT molecular complexity index is 516. The number of amides is 1. The lowest BCUT2D eigenvalue weighted by Crippen LogP contribution is -2.51. The number of hydrogen-bond donors (Lipinski definition) is 3. The molecule has 3 atom stereocenters. The van der Waals surface area contributed by atoms with Gasteiger partial charge in [0.25, 0.3) is 0 Å². The van der Waals surface area contributed by atoms with Crippen molar-refractivity contribution in [3.8, 4) is 0 Å². The molecule has 0 saturated carbocycles. The highest BCUT2D eigenvalue weighted by molar-refractivity contribution is 5.77. The van der Waals surface area contributed by atoms with Crippen molar-refractivity contribution in [2.45, 2.75) is 71.1 Å². The Labute approximate surface area is 133 Å². The Balaban J connectivity index is 2.07. The van der Waals surface area contributed by atoms with Crippen molar-refractivity contribution in [3.05, 3.63) is 29.3 Å². The van der Waals surface area contributed by atoms with Gasteiger partial charge in [0.2, 0.25) is 5.91 Å². The number of unbranched alkanes of at least 4 members (excludes halogenated alkanes) is 1. The van der Waals surface area contributed by atoms with Gasteiger partial charge in [0.15, 0.2) is 0 Å². The van der Waals surface area contributed by atoms with Gasteiger partial charge in [-0.2, -0.15) is 0 Å². The van der Waals surface area contributed by atoms with Gasteiger partial charge >= 0.3 is 0 Å². The molecule has 0 bridgehead atoms. The molecule has 3 N–H and O–H groups in total. The normalized spacial score (nSPS) is 23.0. The fraction of sp³-hybridized carbons (Fsp3) is 0.611. The van der Waals surface area contributed by atoms with Crippen LogP contribution in [-0.4, -0.2) is 23.3 Å². The second kappa shape index (κ2) is 7.63. The Kier molecular flexibility index (Phi) is 5.83. The molecule has 0 spiro atoms. The fourth-order valence-electron chi connectivity index (χ4n) is 3.07. The lowest BCUT2D eigenvalue weighted by atomic mass is 9.91. The van der Waals surface area contributed by atoms with E-state index in [0.717, 1.165) is 5.69 Å². The fourth-order valence-corrected chi connectivity index (χ4v) is 3.07. The van der Waals surface area contributed by atoms with Gasteiger partial charge in [0.05, 0.1) is 6.04 Å². The number of hydrogen-bond acceptors (Lipinski definition) is 3. The van der Waals surface area contributed by atoms with Crippen LogP contribution in [0.25, 0.3) is 0 Å². The topological polar surface area (TPSA) is 61.4 Å². The third-order valence-electron chi connectivity index (χ3n) is 4.53. The van der Waals surface area contributed by atoms with E-state index < -0.39 is 6.23 Å². The first-order valence-corrected chi connectivity index (χ1v) is 8.35. The van der Waals surface area contributed by atoms with Gasteiger partial charge < -0.3 is 15.7 Å². The molecule has 1 saturated heterocycles. The molecule has 1 fully saturated rings. The first-order valence-electron chi connectivity index (χ1n) is 8.35. The van der Waals surface area contributed by atoms with Crippen LogP contribution in [0, 0.1) is 6.92 Å². The van der Waals surface area contributed by atoms with Crippen LogP contribution in [0.2, 0.25) is 0 Å². The highest BCUT2D eigenvalue weighted by atomic mass is 16.3. The molecule has 0 radical (unpaired) electrons. The van der Waals surface area contributed by atoms with Crippen LogP contribution < -0.4 is 10.6 Å². The Morgan fingerprint density at radius 3 is 2.91 bits per heavy atom. The molecule has 1 amide bonds. The molecule has 0 aromatic heterocycles. The standard InChI is InChI=1S/C18H28N2O2/c1-4-5-6-12(2)15-11-14(8-7-13(15)3)19-16-9-10-17(21)20-18(16)22/h7-8,11-12,16,18-19,22H,4-6,9-10H2,1-3H3,(H,20,21). The summed E-state index contributed by atoms with van der Waals surface area (Å²) in [6.45, 7) is 6.64. The molecule has 1 aliphatic heterocycles. The minimum absolute atomic E-state index is 0.0802. The molecule has 1 aromatic carbocycles. The molecular weight excluding hydrogens is 276 g/mol. The third-order valence-corrected chi connectivity index (χ3v) is 4.53. The van der Waals surface area contributed by atoms with E-state index >= 15 is 0 Å². The minimum atomic E-state index is -0.816. The maximum absolute atomic E-state index is 11.3. The van der Waals surface area contributed by atoms with Crippen molar-refractivity contribution in [1.82, 2.24) is 5.32 Å². The van der Waals surface area contributed by atoms with Gasteiger partial charge in [-0.25, -0.2) is 0 Å². The molecule has 2 rings (SSSR count). The van der Waals surface area contributed by atoms with Crippen molar-refractivity contribution >= 4 is 11.6 Å². The zero-order valence-corrected chi connectivity index (χ0v) is 13.9. The van der Waals surface area contributed by atoms with E-state index in [1.807, 2.05) is 0 Å². The lowest BCUT2D eigenvalue weighted by molar-refractivity contribution is -0.126. The van der Waals surface area contributed by atoms with Gasteiger partial charge in [0.1, 0.15) is 6.23 Å². The number of anilines is 1. The van der Waals surface area contributed by atoms with Crippen molar-refractivity contribution < 1.29 is 9.90 Å². The van der Waals surface area contributed by atoms with E-state index in [1.165, 1.54) is 30.4 Å². The monoisotopic (exact) mass is 304 g/mol. The largest absolute Gasteiger partial charge is 0.378 e. The first-order chi connectivity index (χ1) is 10.5. The maximum Gasteiger partial charge on any atom is 0.222 e. The van der Waals surface area contributed by atoms with E-state index in [4.69, 9.17) is 0 Å². The highest BCUT2D eigenvalue weighted by Gasteiger charge is 2.26. The molecule has 1 aliphatic rings. The third kappa shape index (κ3) is 4.23. The lowest BCUT2D eigenvalue weighted by Gasteiger charge is -2.30. The van der Waals surface area contributed by atoms with Crippen molar-refractivity contribution in [2.24, 2.45) is 0 Å². The van der Waals surface area contributed by atoms with Crippen molar-refractivity contribution in [1.29, 1.82) is 0 Å². The summed E-state index contributed by atoms with van der Waals surface area (Å²) in [7, 11) is 0. The highest BCUT2D eigenvalue weighted by Crippen LogP contribution is 2.28. The Hall–Kier alpha value is -1.55. The van der Waals surface area contributed by atoms with Gasteiger partial charge in [-0.1, -0.05) is 32.8 Å². The van der Waals surface area contributed by atoms with Crippen LogP contribution in [0.5, 0.6) is 0 Å². The second-order valence-corrected chi connectivity index (χ2v) is 6.42. The van der Waals surface area contributed by atoms with Crippen LogP contribution in [-0.2, 0) is 4.79 Å². The SMILES string of the molecule is CCCCC(C)c1cc(NC2CCC(=O)NC2O)ccc1C. The van der Waals surface area contributed by atoms with E-state index in [1.54, 1.807) is 0 Å². The van der Waals surface area contributed by atoms with Crippen LogP contribution in [0.4, 0.5) is 5.69 Å². The summed E-state index contributed by atoms with van der Waals surface area (Å²) in [4.78, 5) is 11.3. The number of aliphatic hydroxyl groups is 1. The number of carbonyl (C=O) groups excluding carboxylic acids is 1. The first kappa shape index (κ1) is 16.8. The number of carbonyl (C=O) groups is 1. The maximum atomic E-state index is 11.3. The van der Waals surface area contributed by atoms with Crippen LogP contribution in [0.15, 0.2) is 18.2 Å². The molecule has 22 heavy (non-hydrogen) atoms. The number of rotatable bonds is 6. The van der Waals surface area contributed by atoms with E-state index in [-0.39, 0.29) is 11.9 Å². The summed E-state index contributed by atoms with van der Waals surface area (Å²) in [6.07, 6.45) is 3.95. The predicted molar refractivity (Wildman–Crippen MR) is 89.9 cm³/mol. The zero-order valence-electron chi connectivity index (χ0n) is 13.9. The molecular formula is C18H28N2O2. The summed E-state index contributed by atoms with van der Waals surface area (Å²) < 4.78 is 0. The van der Waals surface area contributed by atoms with E-state index in [2.05, 4.69) is 49.6 Å². The Morgan fingerprint density at radius 2 is 2.23 bits per heavy atom. The molecule has 3 unspecified atom stereocenters. The zero-order chi connectivity index (χ0) is 16.1. The number of benzene rings is 1. The Morgan fingerprint density at radius 1 is 1.45 bits per heavy atom. The molecule has 1 aromatic rings. The quantitative estimate of drug-likeness (QED) is 0.755. The van der Waals surface area contributed by atoms with Gasteiger partial charge in [-0.05, 0) is 48.9 Å². The van der Waals surface area contributed by atoms with Crippen LogP contribution in [0.1, 0.15) is 63.0 Å². The van der Waals surface area contributed by atoms with E-state index in [9.17, 15) is 9.90 Å². The molecule has 122 valence electrons. The summed E-state index contributed by atoms with van der Waals surface area (Å²) in [5.41, 5.74) is 3.70. The summed E-state index contributed by atoms with van der Waals surface area (Å²) in [5, 5.41) is 15.9. The second-order valence-electron chi connectivity index (χ2n) is 6.42. The van der Waals surface area contributed by atoms with Gasteiger partial charge in [-0.3, -0.25) is 4.79 Å². The van der Waals surface area contributed by atoms with Crippen LogP contribution >= 0.6 is 0 Å². The van der Waals surface area contributed by atoms with E-state index in [0.29, 0.717) is 18.8 Å². The van der Waals surface area contributed by atoms with Crippen LogP contribution in [0.3, 0.4) is 0 Å². The predicted octanol–water partition coefficient (Wildman–Crippen LogP) is 3.30. The number of nitrogens with one attached hydrogen (secondary N) is 2. The molecule has 0 aliphatic carbocycles. The summed E-state index contributed by atoms with van der Waals surface area (Å²) >= 11 is 0. The van der Waals surface area contributed by atoms with Gasteiger partial charge in [0, 0.05) is 12.1 Å². The van der Waals surface area contributed by atoms with Crippen molar-refractivity contribution in [2.75, 3.05) is 5.32 Å². The molecule has 1 heterocycles. The average Bonchev–Trinajstić information content (AvgIpc) is 2.49. The van der Waals surface area contributed by atoms with Gasteiger partial charge in [-0.15, -0.1) is 0 Å². The average molecular weight is 304 g/mol. The number of aliphatic hydroxyl groups excluding tert-OH is 1. The summed E-state index contributed by atoms with van der Waals surface area (Å²) in [6, 6.07) is 6.25. The molecule has 4 nitrogen and oxygen atoms in total. The summed E-state index contributed by atoms with van der Waals surface area (Å²) in [5.74, 6) is 0.459. The van der Waals surface area contributed by atoms with Crippen molar-refractivity contribution in [3.63, 3.8) is 0 Å². The minimum Gasteiger partial charge on any atom is -0.378 e.